The van der Waals surface area contributed by atoms with Crippen molar-refractivity contribution >= 4 is 10.1 Å². The van der Waals surface area contributed by atoms with Crippen LogP contribution in [-0.4, -0.2) is 41.6 Å². The molecule has 5 nitrogen and oxygen atoms in total. The summed E-state index contributed by atoms with van der Waals surface area (Å²) in [7, 11) is -4.40. The summed E-state index contributed by atoms with van der Waals surface area (Å²) in [5, 5.41) is 16.4. The zero-order chi connectivity index (χ0) is 7.49. The lowest BCUT2D eigenvalue weighted by molar-refractivity contribution is 0.110. The van der Waals surface area contributed by atoms with Crippen molar-refractivity contribution in [1.29, 1.82) is 0 Å². The van der Waals surface area contributed by atoms with Crippen molar-refractivity contribution in [3.63, 3.8) is 0 Å². The van der Waals surface area contributed by atoms with E-state index in [0.717, 1.165) is 0 Å². The lowest BCUT2D eigenvalue weighted by Crippen LogP contribution is -2.23. The van der Waals surface area contributed by atoms with Crippen LogP contribution < -0.4 is 0 Å². The molecule has 0 unspecified atom stereocenters. The Kier molecular flexibility index (Phi) is 3.06. The first-order chi connectivity index (χ1) is 3.95. The second-order valence-electron chi connectivity index (χ2n) is 1.56. The zero-order valence-electron chi connectivity index (χ0n) is 4.52. The lowest BCUT2D eigenvalue weighted by atomic mass is 10.4. The predicted octanol–water partition coefficient (Wildman–Crippen LogP) is -2.12. The highest BCUT2D eigenvalue weighted by Gasteiger charge is 2.05. The van der Waals surface area contributed by atoms with Crippen LogP contribution in [-0.2, 0) is 10.1 Å². The van der Waals surface area contributed by atoms with Gasteiger partial charge < -0.3 is 14.8 Å². The van der Waals surface area contributed by atoms with Gasteiger partial charge in [0, 0.05) is 0 Å². The van der Waals surface area contributed by atoms with Gasteiger partial charge >= 0.3 is 0 Å². The summed E-state index contributed by atoms with van der Waals surface area (Å²) < 4.78 is 29.3. The van der Waals surface area contributed by atoms with Crippen molar-refractivity contribution in [2.24, 2.45) is 0 Å². The van der Waals surface area contributed by atoms with Crippen molar-refractivity contribution in [3.05, 3.63) is 0 Å². The fourth-order valence-electron chi connectivity index (χ4n) is 0.288. The summed E-state index contributed by atoms with van der Waals surface area (Å²) in [6, 6.07) is 0. The molecular weight excluding hydrogens is 148 g/mol. The second kappa shape index (κ2) is 3.11. The van der Waals surface area contributed by atoms with Gasteiger partial charge in [0.05, 0.1) is 28.6 Å². The Morgan fingerprint density at radius 3 is 2.11 bits per heavy atom. The van der Waals surface area contributed by atoms with E-state index >= 15 is 0 Å². The Labute approximate surface area is 52.7 Å². The number of rotatable bonds is 3. The van der Waals surface area contributed by atoms with Gasteiger partial charge in [0.1, 0.15) is 0 Å². The highest BCUT2D eigenvalue weighted by atomic mass is 32.2. The van der Waals surface area contributed by atoms with Gasteiger partial charge in [-0.15, -0.1) is 0 Å². The Balaban J connectivity index is 3.75. The van der Waals surface area contributed by atoms with Crippen molar-refractivity contribution in [2.45, 2.75) is 6.10 Å². The molecular formula is C3H7O5S-. The van der Waals surface area contributed by atoms with E-state index in [2.05, 4.69) is 0 Å². The second-order valence-corrected chi connectivity index (χ2v) is 3.01. The molecule has 0 bridgehead atoms. The van der Waals surface area contributed by atoms with E-state index in [4.69, 9.17) is 10.2 Å². The summed E-state index contributed by atoms with van der Waals surface area (Å²) in [4.78, 5) is 0. The van der Waals surface area contributed by atoms with E-state index in [9.17, 15) is 13.0 Å². The van der Waals surface area contributed by atoms with Crippen LogP contribution in [0.3, 0.4) is 0 Å². The third-order valence-corrected chi connectivity index (χ3v) is 1.40. The topological polar surface area (TPSA) is 97.7 Å². The quantitative estimate of drug-likeness (QED) is 0.454. The number of hydrogen-bond donors (Lipinski definition) is 2. The third kappa shape index (κ3) is 5.71. The van der Waals surface area contributed by atoms with Crippen LogP contribution in [0.2, 0.25) is 0 Å². The van der Waals surface area contributed by atoms with Gasteiger partial charge in [-0.05, 0) is 0 Å². The van der Waals surface area contributed by atoms with Crippen LogP contribution >= 0.6 is 0 Å². The molecule has 0 radical (unpaired) electrons. The molecule has 0 spiro atoms. The first-order valence-corrected chi connectivity index (χ1v) is 3.76. The minimum atomic E-state index is -4.40. The number of aliphatic hydroxyl groups excluding tert-OH is 2. The Morgan fingerprint density at radius 2 is 2.00 bits per heavy atom. The molecule has 2 N–H and O–H groups in total. The van der Waals surface area contributed by atoms with Crippen molar-refractivity contribution in [2.75, 3.05) is 12.4 Å². The average Bonchev–Trinajstić information content (AvgIpc) is 1.62. The van der Waals surface area contributed by atoms with Gasteiger partial charge in [0.25, 0.3) is 0 Å². The summed E-state index contributed by atoms with van der Waals surface area (Å²) in [6.45, 7) is -0.707. The van der Waals surface area contributed by atoms with Crippen LogP contribution in [0.25, 0.3) is 0 Å². The average molecular weight is 155 g/mol. The third-order valence-electron chi connectivity index (χ3n) is 0.607. The van der Waals surface area contributed by atoms with E-state index in [1.54, 1.807) is 0 Å². The Hall–Kier alpha value is -0.170. The molecule has 0 aromatic carbocycles. The molecule has 0 aromatic rings. The summed E-state index contributed by atoms with van der Waals surface area (Å²) >= 11 is 0. The number of aliphatic hydroxyl groups is 2. The minimum absolute atomic E-state index is 0.707. The molecule has 0 amide bonds. The van der Waals surface area contributed by atoms with Crippen LogP contribution in [0.15, 0.2) is 0 Å². The van der Waals surface area contributed by atoms with Gasteiger partial charge in [0.2, 0.25) is 0 Å². The summed E-state index contributed by atoms with van der Waals surface area (Å²) in [6.07, 6.45) is -1.45. The SMILES string of the molecule is O=S(=O)([O-])C[C@@H](O)CO. The predicted molar refractivity (Wildman–Crippen MR) is 27.7 cm³/mol. The fraction of sp³-hybridized carbons (Fsp3) is 1.00. The van der Waals surface area contributed by atoms with Crippen LogP contribution in [0.5, 0.6) is 0 Å². The normalized spacial score (nSPS) is 15.4. The monoisotopic (exact) mass is 155 g/mol. The Bertz CT molecular complexity index is 159. The minimum Gasteiger partial charge on any atom is -0.748 e. The van der Waals surface area contributed by atoms with E-state index in [1.807, 2.05) is 0 Å². The van der Waals surface area contributed by atoms with E-state index in [-0.39, 0.29) is 0 Å². The maximum absolute atomic E-state index is 9.77. The highest BCUT2D eigenvalue weighted by molar-refractivity contribution is 7.85. The molecule has 9 heavy (non-hydrogen) atoms. The number of hydrogen-bond acceptors (Lipinski definition) is 5. The molecule has 0 saturated heterocycles. The molecule has 6 heteroatoms. The van der Waals surface area contributed by atoms with Gasteiger partial charge in [0.15, 0.2) is 0 Å². The van der Waals surface area contributed by atoms with Crippen molar-refractivity contribution in [1.82, 2.24) is 0 Å². The molecule has 0 aliphatic heterocycles. The van der Waals surface area contributed by atoms with Crippen molar-refractivity contribution < 1.29 is 23.2 Å². The maximum atomic E-state index is 9.77. The van der Waals surface area contributed by atoms with Gasteiger partial charge in [-0.2, -0.15) is 0 Å². The molecule has 0 aliphatic rings. The van der Waals surface area contributed by atoms with Gasteiger partial charge in [-0.1, -0.05) is 0 Å². The molecule has 56 valence electrons. The standard InChI is InChI=1S/C3H8O5S/c4-1-3(5)2-9(6,7)8/h3-5H,1-2H2,(H,6,7,8)/p-1/t3-/m0/s1. The molecule has 0 aliphatic carbocycles. The Morgan fingerprint density at radius 1 is 1.56 bits per heavy atom. The smallest absolute Gasteiger partial charge is 0.0972 e. The molecule has 0 saturated carbocycles. The maximum Gasteiger partial charge on any atom is 0.0972 e. The first kappa shape index (κ1) is 8.83. The molecule has 0 fully saturated rings. The van der Waals surface area contributed by atoms with E-state index in [1.165, 1.54) is 0 Å². The van der Waals surface area contributed by atoms with Crippen LogP contribution in [0, 0.1) is 0 Å². The molecule has 0 rings (SSSR count). The van der Waals surface area contributed by atoms with Gasteiger partial charge in [-0.3, -0.25) is 0 Å². The molecule has 0 aromatic heterocycles. The largest absolute Gasteiger partial charge is 0.748 e. The summed E-state index contributed by atoms with van der Waals surface area (Å²) in [5.74, 6) is -0.927. The molecule has 1 atom stereocenters. The first-order valence-electron chi connectivity index (χ1n) is 2.18. The molecule has 0 heterocycles. The zero-order valence-corrected chi connectivity index (χ0v) is 5.34. The van der Waals surface area contributed by atoms with E-state index in [0.29, 0.717) is 0 Å². The van der Waals surface area contributed by atoms with Crippen LogP contribution in [0.1, 0.15) is 0 Å². The van der Waals surface area contributed by atoms with E-state index < -0.39 is 28.6 Å². The van der Waals surface area contributed by atoms with Crippen LogP contribution in [0.4, 0.5) is 0 Å². The van der Waals surface area contributed by atoms with Gasteiger partial charge in [-0.25, -0.2) is 8.42 Å². The van der Waals surface area contributed by atoms with Crippen molar-refractivity contribution in [3.8, 4) is 0 Å². The fourth-order valence-corrected chi connectivity index (χ4v) is 0.865. The highest BCUT2D eigenvalue weighted by Crippen LogP contribution is 1.87. The lowest BCUT2D eigenvalue weighted by Gasteiger charge is -2.09. The summed E-state index contributed by atoms with van der Waals surface area (Å²) in [5.41, 5.74) is 0.